The van der Waals surface area contributed by atoms with Crippen LogP contribution in [0.5, 0.6) is 0 Å². The Morgan fingerprint density at radius 1 is 1.22 bits per heavy atom. The van der Waals surface area contributed by atoms with Gasteiger partial charge in [0, 0.05) is 31.3 Å². The maximum absolute atomic E-state index is 13.7. The maximum Gasteiger partial charge on any atom is 0.411 e. The highest BCUT2D eigenvalue weighted by molar-refractivity contribution is 5.93. The van der Waals surface area contributed by atoms with Gasteiger partial charge in [-0.3, -0.25) is 14.6 Å². The van der Waals surface area contributed by atoms with E-state index in [-0.39, 0.29) is 25.3 Å². The van der Waals surface area contributed by atoms with Crippen molar-refractivity contribution in [1.82, 2.24) is 5.01 Å². The minimum absolute atomic E-state index is 0.00656. The summed E-state index contributed by atoms with van der Waals surface area (Å²) in [6, 6.07) is 7.28. The molecule has 2 aromatic rings. The molecule has 248 valence electrons. The van der Waals surface area contributed by atoms with E-state index < -0.39 is 47.9 Å². The zero-order valence-electron chi connectivity index (χ0n) is 25.4. The van der Waals surface area contributed by atoms with Crippen molar-refractivity contribution in [3.05, 3.63) is 88.9 Å². The number of morpholine rings is 1. The van der Waals surface area contributed by atoms with Crippen LogP contribution in [0.1, 0.15) is 48.2 Å². The summed E-state index contributed by atoms with van der Waals surface area (Å²) >= 11 is 0. The highest BCUT2D eigenvalue weighted by atomic mass is 19.4. The summed E-state index contributed by atoms with van der Waals surface area (Å²) in [5.41, 5.74) is 7.27. The molecule has 0 aromatic heterocycles. The molecular weight excluding hydrogens is 613 g/mol. The molecule has 14 heteroatoms. The zero-order chi connectivity index (χ0) is 34.0. The number of anilines is 1. The number of halogens is 5. The van der Waals surface area contributed by atoms with Crippen LogP contribution in [0.3, 0.4) is 0 Å². The molecule has 1 saturated heterocycles. The van der Waals surface area contributed by atoms with Crippen molar-refractivity contribution in [2.24, 2.45) is 21.7 Å². The number of amides is 1. The summed E-state index contributed by atoms with van der Waals surface area (Å²) in [5.74, 6) is -4.30. The summed E-state index contributed by atoms with van der Waals surface area (Å²) in [7, 11) is 0. The number of hydrazone groups is 1. The van der Waals surface area contributed by atoms with Crippen molar-refractivity contribution >= 4 is 30.0 Å². The summed E-state index contributed by atoms with van der Waals surface area (Å²) < 4.78 is 70.8. The number of hydrogen-bond acceptors (Lipinski definition) is 7. The van der Waals surface area contributed by atoms with E-state index in [0.717, 1.165) is 33.8 Å². The highest BCUT2D eigenvalue weighted by Crippen LogP contribution is 2.32. The van der Waals surface area contributed by atoms with Gasteiger partial charge in [0.1, 0.15) is 23.2 Å². The number of alkyl halides is 3. The van der Waals surface area contributed by atoms with E-state index in [9.17, 15) is 31.5 Å². The van der Waals surface area contributed by atoms with Gasteiger partial charge in [-0.2, -0.15) is 18.3 Å². The van der Waals surface area contributed by atoms with E-state index in [1.165, 1.54) is 0 Å². The monoisotopic (exact) mass is 649 g/mol. The van der Waals surface area contributed by atoms with Crippen LogP contribution in [0.4, 0.5) is 27.6 Å². The lowest BCUT2D eigenvalue weighted by Crippen LogP contribution is -2.53. The number of aliphatic carboxylic acids is 1. The number of carbonyl (C=O) groups is 2. The standard InChI is InChI=1S/C20H25N3O2.C12H11F5N2O2/c1-4-15(2)12-22-23-14-19(21-13-16(23)3)11-18-7-5-6-17(10-18)8-9-20(24)25;13-7-3-6(4-8(14)10(7)11(18)20)19-1-2-21-5-9(19)12(15,16)17/h5-7,10,12-15H,3-4,8-9,11H2,1-2H3,(H,24,25);3-4,9H,1-2,5H2,(H2,18,20)/b22-12-;. The van der Waals surface area contributed by atoms with Gasteiger partial charge in [0.25, 0.3) is 5.91 Å². The number of rotatable bonds is 10. The Balaban J connectivity index is 0.000000254. The van der Waals surface area contributed by atoms with Crippen molar-refractivity contribution in [3.63, 3.8) is 0 Å². The number of allylic oxidation sites excluding steroid dienone is 2. The van der Waals surface area contributed by atoms with Gasteiger partial charge in [-0.1, -0.05) is 44.7 Å². The fraction of sp³-hybridized carbons (Fsp3) is 0.375. The minimum Gasteiger partial charge on any atom is -0.481 e. The molecular formula is C32H36F5N5O4. The normalized spacial score (nSPS) is 17.4. The number of nitrogens with zero attached hydrogens (tertiary/aromatic N) is 4. The Kier molecular flexibility index (Phi) is 12.6. The van der Waals surface area contributed by atoms with E-state index in [0.29, 0.717) is 30.9 Å². The lowest BCUT2D eigenvalue weighted by atomic mass is 10.0. The van der Waals surface area contributed by atoms with Crippen LogP contribution in [0.15, 0.2) is 70.7 Å². The predicted molar refractivity (Wildman–Crippen MR) is 164 cm³/mol. The fourth-order valence-electron chi connectivity index (χ4n) is 4.46. The molecule has 2 aromatic carbocycles. The molecule has 0 bridgehead atoms. The van der Waals surface area contributed by atoms with Crippen LogP contribution >= 0.6 is 0 Å². The predicted octanol–water partition coefficient (Wildman–Crippen LogP) is 5.85. The van der Waals surface area contributed by atoms with Crippen LogP contribution < -0.4 is 10.6 Å². The third-order valence-corrected chi connectivity index (χ3v) is 7.15. The molecule has 9 nitrogen and oxygen atoms in total. The molecule has 0 radical (unpaired) electrons. The molecule has 0 spiro atoms. The molecule has 3 N–H and O–H groups in total. The van der Waals surface area contributed by atoms with E-state index >= 15 is 0 Å². The van der Waals surface area contributed by atoms with Gasteiger partial charge in [0.15, 0.2) is 0 Å². The van der Waals surface area contributed by atoms with E-state index in [1.54, 1.807) is 11.2 Å². The third-order valence-electron chi connectivity index (χ3n) is 7.15. The number of benzene rings is 2. The van der Waals surface area contributed by atoms with E-state index in [1.807, 2.05) is 36.7 Å². The smallest absolute Gasteiger partial charge is 0.411 e. The van der Waals surface area contributed by atoms with Gasteiger partial charge in [-0.05, 0) is 42.0 Å². The van der Waals surface area contributed by atoms with Crippen molar-refractivity contribution in [2.45, 2.75) is 51.7 Å². The first-order chi connectivity index (χ1) is 21.7. The Morgan fingerprint density at radius 3 is 2.50 bits per heavy atom. The highest BCUT2D eigenvalue weighted by Gasteiger charge is 2.45. The second kappa shape index (κ2) is 16.1. The number of hydrogen-bond donors (Lipinski definition) is 2. The number of carboxylic acid groups (broad SMARTS) is 1. The maximum atomic E-state index is 13.7. The van der Waals surface area contributed by atoms with Gasteiger partial charge in [-0.25, -0.2) is 13.8 Å². The Bertz CT molecular complexity index is 1480. The Hall–Kier alpha value is -4.59. The number of carbonyl (C=O) groups excluding carboxylic acids is 1. The first-order valence-corrected chi connectivity index (χ1v) is 14.5. The van der Waals surface area contributed by atoms with Crippen LogP contribution in [0.2, 0.25) is 0 Å². The second-order valence-electron chi connectivity index (χ2n) is 10.7. The molecule has 46 heavy (non-hydrogen) atoms. The van der Waals surface area contributed by atoms with Crippen molar-refractivity contribution in [3.8, 4) is 0 Å². The molecule has 2 atom stereocenters. The molecule has 4 rings (SSSR count). The van der Waals surface area contributed by atoms with Gasteiger partial charge in [0.05, 0.1) is 37.0 Å². The average Bonchev–Trinajstić information content (AvgIpc) is 2.99. The number of nitrogens with two attached hydrogens (primary N) is 1. The summed E-state index contributed by atoms with van der Waals surface area (Å²) in [4.78, 5) is 26.8. The Morgan fingerprint density at radius 2 is 1.89 bits per heavy atom. The van der Waals surface area contributed by atoms with E-state index in [4.69, 9.17) is 15.6 Å². The minimum atomic E-state index is -4.62. The quantitative estimate of drug-likeness (QED) is 0.246. The van der Waals surface area contributed by atoms with Crippen LogP contribution in [0.25, 0.3) is 0 Å². The number of carboxylic acids is 1. The molecule has 2 unspecified atom stereocenters. The Labute approximate surface area is 263 Å². The molecule has 0 aliphatic carbocycles. The summed E-state index contributed by atoms with van der Waals surface area (Å²) in [5, 5.41) is 15.0. The molecule has 0 saturated carbocycles. The van der Waals surface area contributed by atoms with Gasteiger partial charge < -0.3 is 20.5 Å². The fourth-order valence-corrected chi connectivity index (χ4v) is 4.46. The van der Waals surface area contributed by atoms with Gasteiger partial charge >= 0.3 is 12.1 Å². The molecule has 1 amide bonds. The molecule has 2 aliphatic rings. The van der Waals surface area contributed by atoms with E-state index in [2.05, 4.69) is 30.5 Å². The zero-order valence-corrected chi connectivity index (χ0v) is 25.4. The SMILES string of the molecule is C=C1C=NC(Cc2cccc(CCC(=O)O)c2)=CN1/N=C\C(C)CC.NC(=O)c1c(F)cc(N2CCOCC2C(F)(F)F)cc1F. The number of primary amides is 1. The summed E-state index contributed by atoms with van der Waals surface area (Å²) in [6.07, 6.45) is 3.30. The van der Waals surface area contributed by atoms with Gasteiger partial charge in [-0.15, -0.1) is 0 Å². The van der Waals surface area contributed by atoms with Crippen LogP contribution in [-0.4, -0.2) is 66.4 Å². The number of aliphatic imine (C=N–C) groups is 1. The average molecular weight is 650 g/mol. The first kappa shape index (κ1) is 35.9. The van der Waals surface area contributed by atoms with Crippen LogP contribution in [-0.2, 0) is 22.4 Å². The lowest BCUT2D eigenvalue weighted by Gasteiger charge is -2.38. The second-order valence-corrected chi connectivity index (χ2v) is 10.7. The number of aryl methyl sites for hydroxylation is 1. The van der Waals surface area contributed by atoms with Crippen molar-refractivity contribution in [1.29, 1.82) is 0 Å². The van der Waals surface area contributed by atoms with Crippen LogP contribution in [0, 0.1) is 17.6 Å². The lowest BCUT2D eigenvalue weighted by molar-refractivity contribution is -0.167. The summed E-state index contributed by atoms with van der Waals surface area (Å²) in [6.45, 7) is 7.39. The molecule has 2 heterocycles. The third kappa shape index (κ3) is 10.2. The number of ether oxygens (including phenoxy) is 1. The van der Waals surface area contributed by atoms with Crippen molar-refractivity contribution in [2.75, 3.05) is 24.7 Å². The first-order valence-electron chi connectivity index (χ1n) is 14.5. The molecule has 1 fully saturated rings. The largest absolute Gasteiger partial charge is 0.481 e. The van der Waals surface area contributed by atoms with Crippen molar-refractivity contribution < 1.29 is 41.4 Å². The topological polar surface area (TPSA) is 121 Å². The molecule has 2 aliphatic heterocycles. The van der Waals surface area contributed by atoms with Gasteiger partial charge in [0.2, 0.25) is 0 Å².